The summed E-state index contributed by atoms with van der Waals surface area (Å²) in [4.78, 5) is 9.63. The van der Waals surface area contributed by atoms with Gasteiger partial charge in [-0.05, 0) is 62.2 Å². The molecule has 0 amide bonds. The van der Waals surface area contributed by atoms with Gasteiger partial charge < -0.3 is 0 Å². The highest BCUT2D eigenvalue weighted by atomic mass is 15.0. The maximum Gasteiger partial charge on any atom is 0.147 e. The zero-order valence-corrected chi connectivity index (χ0v) is 15.1. The molecule has 4 aromatic rings. The van der Waals surface area contributed by atoms with Crippen LogP contribution in [0.25, 0.3) is 27.6 Å². The molecule has 4 rings (SSSR count). The molecular formula is C21H23N3. The largest absolute Gasteiger partial charge is 0.296 e. The molecule has 122 valence electrons. The van der Waals surface area contributed by atoms with E-state index in [1.54, 1.807) is 0 Å². The Morgan fingerprint density at radius 2 is 1.67 bits per heavy atom. The van der Waals surface area contributed by atoms with Crippen LogP contribution in [0.3, 0.4) is 0 Å². The van der Waals surface area contributed by atoms with E-state index in [2.05, 4.69) is 39.0 Å². The number of pyridine rings is 2. The van der Waals surface area contributed by atoms with Crippen molar-refractivity contribution in [3.8, 4) is 0 Å². The van der Waals surface area contributed by atoms with E-state index in [0.29, 0.717) is 23.1 Å². The summed E-state index contributed by atoms with van der Waals surface area (Å²) in [7, 11) is 0. The van der Waals surface area contributed by atoms with Crippen LogP contribution in [-0.2, 0) is 5.41 Å². The third-order valence-corrected chi connectivity index (χ3v) is 4.68. The van der Waals surface area contributed by atoms with Crippen LogP contribution in [0.2, 0.25) is 0 Å². The lowest BCUT2D eigenvalue weighted by molar-refractivity contribution is 0.571. The van der Waals surface area contributed by atoms with Crippen LogP contribution >= 0.6 is 0 Å². The van der Waals surface area contributed by atoms with E-state index in [9.17, 15) is 0 Å². The quantitative estimate of drug-likeness (QED) is 0.442. The van der Waals surface area contributed by atoms with E-state index in [1.807, 2.05) is 25.2 Å². The van der Waals surface area contributed by atoms with Gasteiger partial charge in [-0.2, -0.15) is 0 Å². The Kier molecular flexibility index (Phi) is 2.58. The molecule has 1 aromatic carbocycles. The maximum absolute atomic E-state index is 8.59. The van der Waals surface area contributed by atoms with Crippen molar-refractivity contribution in [3.63, 3.8) is 0 Å². The first kappa shape index (κ1) is 12.9. The zero-order chi connectivity index (χ0) is 19.0. The molecule has 0 aliphatic rings. The van der Waals surface area contributed by atoms with Crippen LogP contribution in [0.4, 0.5) is 0 Å². The summed E-state index contributed by atoms with van der Waals surface area (Å²) >= 11 is 0. The van der Waals surface area contributed by atoms with Crippen molar-refractivity contribution in [2.24, 2.45) is 0 Å². The Bertz CT molecular complexity index is 1210. The molecule has 3 heterocycles. The molecule has 0 saturated carbocycles. The number of hydrogen-bond donors (Lipinski definition) is 0. The minimum atomic E-state index is -0.0225. The van der Waals surface area contributed by atoms with Crippen molar-refractivity contribution in [1.29, 1.82) is 0 Å². The van der Waals surface area contributed by atoms with E-state index < -0.39 is 0 Å². The lowest BCUT2D eigenvalue weighted by Crippen LogP contribution is -2.13. The third-order valence-electron chi connectivity index (χ3n) is 4.68. The van der Waals surface area contributed by atoms with Gasteiger partial charge in [0.15, 0.2) is 0 Å². The molecule has 3 heteroatoms. The molecule has 0 saturated heterocycles. The normalized spacial score (nSPS) is 13.8. The number of fused-ring (bicyclic) bond motifs is 5. The van der Waals surface area contributed by atoms with E-state index in [0.717, 1.165) is 39.1 Å². The molecule has 0 spiro atoms. The van der Waals surface area contributed by atoms with Crippen LogP contribution in [-0.4, -0.2) is 14.4 Å². The Morgan fingerprint density at radius 3 is 2.38 bits per heavy atom. The molecule has 3 aromatic heterocycles. The van der Waals surface area contributed by atoms with Crippen molar-refractivity contribution in [3.05, 3.63) is 52.8 Å². The zero-order valence-electron chi connectivity index (χ0n) is 17.1. The minimum Gasteiger partial charge on any atom is -0.296 e. The number of benzene rings is 1. The molecule has 0 aliphatic carbocycles. The lowest BCUT2D eigenvalue weighted by Gasteiger charge is -2.18. The topological polar surface area (TPSA) is 30.2 Å². The number of aromatic nitrogens is 3. The van der Waals surface area contributed by atoms with Crippen molar-refractivity contribution in [2.75, 3.05) is 0 Å². The van der Waals surface area contributed by atoms with E-state index in [4.69, 9.17) is 12.7 Å². The second kappa shape index (κ2) is 4.79. The molecule has 0 radical (unpaired) electrons. The maximum atomic E-state index is 8.59. The van der Waals surface area contributed by atoms with Gasteiger partial charge in [-0.3, -0.25) is 9.38 Å². The van der Waals surface area contributed by atoms with Crippen molar-refractivity contribution in [1.82, 2.24) is 14.4 Å². The van der Waals surface area contributed by atoms with Crippen molar-refractivity contribution < 1.29 is 2.74 Å². The first-order chi connectivity index (χ1) is 12.1. The predicted octanol–water partition coefficient (Wildman–Crippen LogP) is 5.26. The molecule has 0 fully saturated rings. The Morgan fingerprint density at radius 1 is 0.958 bits per heavy atom. The van der Waals surface area contributed by atoms with Gasteiger partial charge >= 0.3 is 0 Å². The van der Waals surface area contributed by atoms with Gasteiger partial charge in [0.25, 0.3) is 0 Å². The number of rotatable bonds is 0. The molecule has 0 unspecified atom stereocenters. The Balaban J connectivity index is 2.22. The molecule has 0 atom stereocenters. The molecule has 0 bridgehead atoms. The van der Waals surface area contributed by atoms with Gasteiger partial charge in [-0.15, -0.1) is 0 Å². The molecule has 0 N–H and O–H groups in total. The summed E-state index contributed by atoms with van der Waals surface area (Å²) in [5.41, 5.74) is 6.64. The summed E-state index contributed by atoms with van der Waals surface area (Å²) in [6.45, 7) is 12.3. The minimum absolute atomic E-state index is 0.0225. The summed E-state index contributed by atoms with van der Waals surface area (Å²) in [5, 5.41) is 0.953. The number of aryl methyl sites for hydroxylation is 1. The summed E-state index contributed by atoms with van der Waals surface area (Å²) in [6, 6.07) is 7.02. The monoisotopic (exact) mass is 319 g/mol. The van der Waals surface area contributed by atoms with Crippen LogP contribution in [0.15, 0.2) is 30.3 Å². The number of imidazole rings is 1. The number of hydrogen-bond acceptors (Lipinski definition) is 2. The highest BCUT2D eigenvalue weighted by molar-refractivity contribution is 5.97. The van der Waals surface area contributed by atoms with Crippen molar-refractivity contribution in [2.45, 2.75) is 47.0 Å². The van der Waals surface area contributed by atoms with Gasteiger partial charge in [0, 0.05) is 22.2 Å². The molecular weight excluding hydrogens is 294 g/mol. The Labute approximate surface area is 145 Å². The van der Waals surface area contributed by atoms with Crippen LogP contribution in [0.1, 0.15) is 46.0 Å². The fraction of sp³-hybridized carbons (Fsp3) is 0.333. The summed E-state index contributed by atoms with van der Waals surface area (Å²) < 4.78 is 19.1. The first-order valence-corrected chi connectivity index (χ1v) is 8.30. The van der Waals surface area contributed by atoms with Crippen LogP contribution in [0.5, 0.6) is 0 Å². The van der Waals surface area contributed by atoms with E-state index in [-0.39, 0.29) is 5.41 Å². The fourth-order valence-corrected chi connectivity index (χ4v) is 3.14. The van der Waals surface area contributed by atoms with E-state index in [1.165, 1.54) is 0 Å². The van der Waals surface area contributed by atoms with Crippen LogP contribution in [0, 0.1) is 20.8 Å². The predicted molar refractivity (Wildman–Crippen MR) is 101 cm³/mol. The van der Waals surface area contributed by atoms with Crippen molar-refractivity contribution >= 4 is 27.6 Å². The highest BCUT2D eigenvalue weighted by Crippen LogP contribution is 2.29. The SMILES string of the molecule is [2H]c1c(C)c(C)c([2H])c2c1nc1c3ccc(C(C)(C)C)nc3cc(C)n12. The molecule has 3 nitrogen and oxygen atoms in total. The third kappa shape index (κ3) is 2.11. The van der Waals surface area contributed by atoms with Gasteiger partial charge in [-0.25, -0.2) is 4.98 Å². The van der Waals surface area contributed by atoms with Crippen LogP contribution < -0.4 is 0 Å². The smallest absolute Gasteiger partial charge is 0.147 e. The average molecular weight is 319 g/mol. The Hall–Kier alpha value is -2.42. The van der Waals surface area contributed by atoms with Gasteiger partial charge in [0.2, 0.25) is 0 Å². The lowest BCUT2D eigenvalue weighted by atomic mass is 9.91. The standard InChI is InChI=1S/C21H23N3/c1-12-9-17-18(10-13(12)2)24-14(3)11-16-15(20(24)23-17)7-8-19(22-16)21(4,5)6/h7-11H,1-6H3/i9D,10D. The highest BCUT2D eigenvalue weighted by Gasteiger charge is 2.18. The fourth-order valence-electron chi connectivity index (χ4n) is 3.14. The molecule has 0 aliphatic heterocycles. The second-order valence-electron chi connectivity index (χ2n) is 7.63. The first-order valence-electron chi connectivity index (χ1n) is 9.30. The number of nitrogens with zero attached hydrogens (tertiary/aromatic N) is 3. The van der Waals surface area contributed by atoms with Gasteiger partial charge in [0.1, 0.15) is 5.65 Å². The van der Waals surface area contributed by atoms with Gasteiger partial charge in [0.05, 0.1) is 19.3 Å². The second-order valence-corrected chi connectivity index (χ2v) is 7.63. The molecule has 24 heavy (non-hydrogen) atoms. The summed E-state index contributed by atoms with van der Waals surface area (Å²) in [5.74, 6) is 0. The van der Waals surface area contributed by atoms with Gasteiger partial charge in [-0.1, -0.05) is 20.8 Å². The summed E-state index contributed by atoms with van der Waals surface area (Å²) in [6.07, 6.45) is 0. The average Bonchev–Trinajstić information content (AvgIpc) is 2.98. The van der Waals surface area contributed by atoms with E-state index >= 15 is 0 Å².